The van der Waals surface area contributed by atoms with Crippen LogP contribution in [0.4, 0.5) is 0 Å². The average molecular weight is 489 g/mol. The number of carbonyl (C=O) groups is 4. The molecule has 0 aliphatic rings. The maximum absolute atomic E-state index is 12.3. The fourth-order valence-electron chi connectivity index (χ4n) is 1.59. The molecule has 0 amide bonds. The first-order valence-corrected chi connectivity index (χ1v) is 10.7. The van der Waals surface area contributed by atoms with E-state index in [1.165, 1.54) is 41.5 Å². The summed E-state index contributed by atoms with van der Waals surface area (Å²) in [7, 11) is 0. The van der Waals surface area contributed by atoms with E-state index in [1.54, 1.807) is 0 Å². The molecule has 0 spiro atoms. The van der Waals surface area contributed by atoms with Gasteiger partial charge in [0.2, 0.25) is 0 Å². The lowest BCUT2D eigenvalue weighted by Crippen LogP contribution is -2.58. The van der Waals surface area contributed by atoms with Crippen LogP contribution in [0.2, 0.25) is 0 Å². The fraction of sp³-hybridized carbons (Fsp3) is 0.765. The van der Waals surface area contributed by atoms with Crippen molar-refractivity contribution in [1.29, 1.82) is 0 Å². The van der Waals surface area contributed by atoms with Crippen molar-refractivity contribution in [2.75, 3.05) is 6.61 Å². The van der Waals surface area contributed by atoms with Gasteiger partial charge >= 0.3 is 29.9 Å². The molecule has 12 heteroatoms. The SMILES string of the molecule is CC(S)C(=O)OCC(C)(C)C(OC(=O)C(C)S)(OC(=O)C(C)S)OC(=O)C(C)S. The third-order valence-electron chi connectivity index (χ3n) is 3.47. The Morgan fingerprint density at radius 1 is 0.655 bits per heavy atom. The van der Waals surface area contributed by atoms with Crippen molar-refractivity contribution in [2.45, 2.75) is 68.5 Å². The van der Waals surface area contributed by atoms with Crippen molar-refractivity contribution < 1.29 is 38.1 Å². The monoisotopic (exact) mass is 488 g/mol. The van der Waals surface area contributed by atoms with Gasteiger partial charge in [0, 0.05) is 0 Å². The van der Waals surface area contributed by atoms with Crippen LogP contribution in [-0.4, -0.2) is 57.5 Å². The minimum absolute atomic E-state index is 0.437. The van der Waals surface area contributed by atoms with Crippen LogP contribution in [0.3, 0.4) is 0 Å². The molecule has 0 saturated carbocycles. The van der Waals surface area contributed by atoms with Gasteiger partial charge in [0.05, 0.1) is 21.0 Å². The van der Waals surface area contributed by atoms with Crippen LogP contribution in [0.5, 0.6) is 0 Å². The second-order valence-corrected chi connectivity index (χ2v) is 10.1. The third-order valence-corrected chi connectivity index (χ3v) is 4.32. The third kappa shape index (κ3) is 8.50. The lowest BCUT2D eigenvalue weighted by molar-refractivity contribution is -0.376. The molecule has 0 aromatic carbocycles. The van der Waals surface area contributed by atoms with E-state index in [0.717, 1.165) is 0 Å². The molecule has 0 aromatic heterocycles. The highest BCUT2D eigenvalue weighted by Crippen LogP contribution is 2.39. The summed E-state index contributed by atoms with van der Waals surface area (Å²) >= 11 is 16.0. The van der Waals surface area contributed by atoms with E-state index in [0.29, 0.717) is 0 Å². The number of hydrogen-bond donors (Lipinski definition) is 4. The number of hydrogen-bond acceptors (Lipinski definition) is 12. The zero-order valence-corrected chi connectivity index (χ0v) is 20.6. The number of thiol groups is 4. The van der Waals surface area contributed by atoms with Crippen molar-refractivity contribution in [3.05, 3.63) is 0 Å². The van der Waals surface area contributed by atoms with Crippen LogP contribution in [0.1, 0.15) is 41.5 Å². The molecule has 4 unspecified atom stereocenters. The lowest BCUT2D eigenvalue weighted by Gasteiger charge is -2.42. The second-order valence-electron chi connectivity index (χ2n) is 7.01. The van der Waals surface area contributed by atoms with Gasteiger partial charge in [0.15, 0.2) is 0 Å². The molecule has 0 aliphatic carbocycles. The Balaban J connectivity index is 6.26. The molecule has 0 heterocycles. The highest BCUT2D eigenvalue weighted by atomic mass is 32.1. The Hall–Kier alpha value is -0.720. The van der Waals surface area contributed by atoms with E-state index in [-0.39, 0.29) is 0 Å². The molecule has 0 saturated heterocycles. The van der Waals surface area contributed by atoms with E-state index in [1.807, 2.05) is 0 Å². The molecule has 0 rings (SSSR count). The van der Waals surface area contributed by atoms with Gasteiger partial charge in [-0.1, -0.05) is 0 Å². The Kier molecular flexibility index (Phi) is 11.3. The normalized spacial score (nSPS) is 17.7. The molecule has 4 atom stereocenters. The first kappa shape index (κ1) is 28.3. The summed E-state index contributed by atoms with van der Waals surface area (Å²) < 4.78 is 21.1. The zero-order valence-electron chi connectivity index (χ0n) is 17.1. The van der Waals surface area contributed by atoms with Crippen LogP contribution >= 0.6 is 50.5 Å². The minimum Gasteiger partial charge on any atom is -0.464 e. The molecule has 0 N–H and O–H groups in total. The molecule has 0 bridgehead atoms. The van der Waals surface area contributed by atoms with E-state index >= 15 is 0 Å². The molecule has 0 aliphatic heterocycles. The Bertz CT molecular complexity index is 561. The number of carbonyl (C=O) groups excluding carboxylic acids is 4. The van der Waals surface area contributed by atoms with Crippen molar-refractivity contribution in [2.24, 2.45) is 5.41 Å². The quantitative estimate of drug-likeness (QED) is 0.211. The van der Waals surface area contributed by atoms with E-state index in [9.17, 15) is 19.2 Å². The maximum Gasteiger partial charge on any atom is 0.432 e. The lowest BCUT2D eigenvalue weighted by atomic mass is 9.90. The van der Waals surface area contributed by atoms with Gasteiger partial charge in [-0.3, -0.25) is 19.2 Å². The topological polar surface area (TPSA) is 105 Å². The van der Waals surface area contributed by atoms with Crippen LogP contribution in [0.15, 0.2) is 0 Å². The summed E-state index contributed by atoms with van der Waals surface area (Å²) in [5.41, 5.74) is -1.53. The van der Waals surface area contributed by atoms with Gasteiger partial charge in [-0.05, 0) is 41.5 Å². The van der Waals surface area contributed by atoms with Gasteiger partial charge in [0.1, 0.15) is 12.0 Å². The zero-order chi connectivity index (χ0) is 23.2. The van der Waals surface area contributed by atoms with Gasteiger partial charge < -0.3 is 18.9 Å². The van der Waals surface area contributed by atoms with E-state index in [4.69, 9.17) is 18.9 Å². The fourth-order valence-corrected chi connectivity index (χ4v) is 1.82. The first-order valence-electron chi connectivity index (χ1n) is 8.63. The smallest absolute Gasteiger partial charge is 0.432 e. The number of ether oxygens (including phenoxy) is 4. The summed E-state index contributed by atoms with van der Waals surface area (Å²) in [4.78, 5) is 48.8. The summed E-state index contributed by atoms with van der Waals surface area (Å²) in [6.45, 7) is 8.15. The van der Waals surface area contributed by atoms with Gasteiger partial charge in [-0.15, -0.1) is 0 Å². The molecule has 29 heavy (non-hydrogen) atoms. The van der Waals surface area contributed by atoms with Gasteiger partial charge in [0.25, 0.3) is 0 Å². The standard InChI is InChI=1S/C17H28O8S4/c1-8(26)12(18)22-7-16(5,6)17(23-13(19)9(2)27,24-14(20)10(3)28)25-15(21)11(4)29/h8-11,26-29H,7H2,1-6H3. The Labute approximate surface area is 192 Å². The molecule has 168 valence electrons. The van der Waals surface area contributed by atoms with Crippen LogP contribution in [0, 0.1) is 5.41 Å². The van der Waals surface area contributed by atoms with Gasteiger partial charge in [-0.25, -0.2) is 0 Å². The Morgan fingerprint density at radius 2 is 0.931 bits per heavy atom. The molecular weight excluding hydrogens is 460 g/mol. The summed E-state index contributed by atoms with van der Waals surface area (Å²) in [6, 6.07) is 0. The van der Waals surface area contributed by atoms with E-state index < -0.39 is 62.9 Å². The second kappa shape index (κ2) is 11.6. The highest BCUT2D eigenvalue weighted by Gasteiger charge is 2.58. The molecule has 0 aromatic rings. The molecule has 0 radical (unpaired) electrons. The summed E-state index contributed by atoms with van der Waals surface area (Å²) in [6.07, 6.45) is 0. The predicted molar refractivity (Wildman–Crippen MR) is 120 cm³/mol. The molecule has 8 nitrogen and oxygen atoms in total. The van der Waals surface area contributed by atoms with Crippen molar-refractivity contribution in [3.63, 3.8) is 0 Å². The van der Waals surface area contributed by atoms with Crippen LogP contribution in [0.25, 0.3) is 0 Å². The predicted octanol–water partition coefficient (Wildman–Crippen LogP) is 2.11. The summed E-state index contributed by atoms with van der Waals surface area (Å²) in [5.74, 6) is -6.05. The average Bonchev–Trinajstić information content (AvgIpc) is 2.58. The van der Waals surface area contributed by atoms with Gasteiger partial charge in [-0.2, -0.15) is 50.5 Å². The maximum atomic E-state index is 12.3. The first-order chi connectivity index (χ1) is 13.1. The number of rotatable bonds is 10. The Morgan fingerprint density at radius 3 is 1.17 bits per heavy atom. The summed E-state index contributed by atoms with van der Waals surface area (Å²) in [5, 5.41) is -3.56. The van der Waals surface area contributed by atoms with E-state index in [2.05, 4.69) is 50.5 Å². The highest BCUT2D eigenvalue weighted by molar-refractivity contribution is 7.82. The molecule has 0 fully saturated rings. The van der Waals surface area contributed by atoms with Crippen molar-refractivity contribution in [1.82, 2.24) is 0 Å². The van der Waals surface area contributed by atoms with Crippen molar-refractivity contribution in [3.8, 4) is 0 Å². The largest absolute Gasteiger partial charge is 0.464 e. The minimum atomic E-state index is -2.57. The molecular formula is C17H28O8S4. The number of esters is 4. The van der Waals surface area contributed by atoms with Crippen LogP contribution < -0.4 is 0 Å². The van der Waals surface area contributed by atoms with Crippen LogP contribution in [-0.2, 0) is 38.1 Å². The van der Waals surface area contributed by atoms with Crippen molar-refractivity contribution >= 4 is 74.4 Å².